The van der Waals surface area contributed by atoms with E-state index in [1.807, 2.05) is 19.1 Å². The molecule has 0 aromatic carbocycles. The van der Waals surface area contributed by atoms with Crippen molar-refractivity contribution in [3.05, 3.63) is 44.7 Å². The zero-order valence-electron chi connectivity index (χ0n) is 24.3. The number of carbonyl (C=O) groups is 1. The van der Waals surface area contributed by atoms with Crippen LogP contribution in [-0.2, 0) is 4.79 Å². The molecule has 1 aliphatic rings. The van der Waals surface area contributed by atoms with Crippen LogP contribution in [0.25, 0.3) is 11.7 Å². The Morgan fingerprint density at radius 3 is 2.15 bits per heavy atom. The third-order valence-electron chi connectivity index (χ3n) is 7.24. The number of carbonyl (C=O) groups excluding carboxylic acids is 1. The second-order valence-electron chi connectivity index (χ2n) is 10.5. The Bertz CT molecular complexity index is 1200. The van der Waals surface area contributed by atoms with Crippen molar-refractivity contribution in [2.45, 2.75) is 105 Å². The average Bonchev–Trinajstić information content (AvgIpc) is 3.18. The van der Waals surface area contributed by atoms with Crippen molar-refractivity contribution in [1.29, 1.82) is 0 Å². The van der Waals surface area contributed by atoms with Crippen molar-refractivity contribution in [3.63, 3.8) is 0 Å². The van der Waals surface area contributed by atoms with Crippen molar-refractivity contribution < 1.29 is 4.79 Å². The van der Waals surface area contributed by atoms with E-state index in [0.29, 0.717) is 32.8 Å². The number of fused-ring (bicyclic) bond motifs is 1. The van der Waals surface area contributed by atoms with Gasteiger partial charge in [0.2, 0.25) is 0 Å². The van der Waals surface area contributed by atoms with Crippen LogP contribution in [-0.4, -0.2) is 44.1 Å². The first kappa shape index (κ1) is 31.3. The second kappa shape index (κ2) is 16.2. The molecule has 0 radical (unpaired) electrons. The number of thioether (sulfide) groups is 1. The summed E-state index contributed by atoms with van der Waals surface area (Å²) in [5.74, 6) is 0.552. The van der Waals surface area contributed by atoms with Gasteiger partial charge in [0.05, 0.1) is 10.5 Å². The minimum absolute atomic E-state index is 0.0989. The van der Waals surface area contributed by atoms with E-state index in [1.165, 1.54) is 63.1 Å². The number of pyridine rings is 1. The van der Waals surface area contributed by atoms with Gasteiger partial charge >= 0.3 is 0 Å². The third kappa shape index (κ3) is 8.40. The van der Waals surface area contributed by atoms with E-state index < -0.39 is 0 Å². The number of hydrogen-bond donors (Lipinski definition) is 0. The summed E-state index contributed by atoms with van der Waals surface area (Å²) in [4.78, 5) is 36.5. The fourth-order valence-corrected chi connectivity index (χ4v) is 6.40. The molecule has 1 aliphatic heterocycles. The molecule has 2 aromatic heterocycles. The fraction of sp³-hybridized carbons (Fsp3) is 0.613. The molecule has 6 nitrogen and oxygen atoms in total. The van der Waals surface area contributed by atoms with Gasteiger partial charge in [0.1, 0.15) is 15.8 Å². The summed E-state index contributed by atoms with van der Waals surface area (Å²) in [6.07, 6.45) is 17.9. The SMILES string of the molecule is CCCCCCCCCCCCN1C(=O)/C(=C\c2c(N(CCC)CCC)nc3c(C)cccn3c2=O)SC1=S. The lowest BCUT2D eigenvalue weighted by atomic mass is 10.1. The highest BCUT2D eigenvalue weighted by Gasteiger charge is 2.32. The molecular weight excluding hydrogens is 525 g/mol. The number of anilines is 1. The fourth-order valence-electron chi connectivity index (χ4n) is 5.11. The van der Waals surface area contributed by atoms with Crippen LogP contribution in [0.1, 0.15) is 109 Å². The molecule has 0 aliphatic carbocycles. The van der Waals surface area contributed by atoms with Crippen LogP contribution < -0.4 is 10.5 Å². The first-order chi connectivity index (χ1) is 18.9. The molecule has 0 atom stereocenters. The molecule has 0 unspecified atom stereocenters. The third-order valence-corrected chi connectivity index (χ3v) is 8.61. The van der Waals surface area contributed by atoms with Crippen molar-refractivity contribution in [2.24, 2.45) is 0 Å². The van der Waals surface area contributed by atoms with Crippen molar-refractivity contribution in [3.8, 4) is 0 Å². The van der Waals surface area contributed by atoms with Gasteiger partial charge in [-0.1, -0.05) is 109 Å². The molecule has 0 saturated carbocycles. The summed E-state index contributed by atoms with van der Waals surface area (Å²) in [7, 11) is 0. The Balaban J connectivity index is 1.74. The molecule has 214 valence electrons. The molecule has 8 heteroatoms. The van der Waals surface area contributed by atoms with Gasteiger partial charge in [-0.2, -0.15) is 0 Å². The maximum atomic E-state index is 13.7. The first-order valence-electron chi connectivity index (χ1n) is 14.9. The Morgan fingerprint density at radius 1 is 0.923 bits per heavy atom. The zero-order valence-corrected chi connectivity index (χ0v) is 26.0. The summed E-state index contributed by atoms with van der Waals surface area (Å²) in [5, 5.41) is 0. The van der Waals surface area contributed by atoms with Crippen LogP contribution in [0.5, 0.6) is 0 Å². The van der Waals surface area contributed by atoms with E-state index in [2.05, 4.69) is 25.7 Å². The molecule has 1 fully saturated rings. The standard InChI is InChI=1S/C31H46N4O2S2/c1-5-8-9-10-11-12-13-14-15-16-21-35-30(37)26(39-31(35)38)23-25-28(33(19-6-2)20-7-3)32-27-24(4)18-17-22-34(27)29(25)36/h17-18,22-23H,5-16,19-21H2,1-4H3/b26-23+. The van der Waals surface area contributed by atoms with Crippen LogP contribution in [0, 0.1) is 6.92 Å². The van der Waals surface area contributed by atoms with Gasteiger partial charge in [0.15, 0.2) is 0 Å². The lowest BCUT2D eigenvalue weighted by Gasteiger charge is -2.25. The van der Waals surface area contributed by atoms with Crippen LogP contribution in [0.15, 0.2) is 28.0 Å². The smallest absolute Gasteiger partial charge is 0.267 e. The van der Waals surface area contributed by atoms with Gasteiger partial charge in [-0.05, 0) is 43.9 Å². The van der Waals surface area contributed by atoms with Crippen molar-refractivity contribution in [2.75, 3.05) is 24.5 Å². The summed E-state index contributed by atoms with van der Waals surface area (Å²) in [6.45, 7) is 10.7. The molecule has 0 spiro atoms. The predicted molar refractivity (Wildman–Crippen MR) is 171 cm³/mol. The maximum Gasteiger partial charge on any atom is 0.267 e. The lowest BCUT2D eigenvalue weighted by molar-refractivity contribution is -0.122. The summed E-state index contributed by atoms with van der Waals surface area (Å²) in [6, 6.07) is 3.82. The molecule has 1 amide bonds. The monoisotopic (exact) mass is 570 g/mol. The number of unbranched alkanes of at least 4 members (excludes halogenated alkanes) is 9. The number of rotatable bonds is 17. The van der Waals surface area contributed by atoms with Crippen LogP contribution >= 0.6 is 24.0 Å². The summed E-state index contributed by atoms with van der Waals surface area (Å²) >= 11 is 6.89. The van der Waals surface area contributed by atoms with E-state index in [-0.39, 0.29) is 11.5 Å². The van der Waals surface area contributed by atoms with Crippen molar-refractivity contribution >= 4 is 51.7 Å². The number of hydrogen-bond acceptors (Lipinski definition) is 6. The lowest BCUT2D eigenvalue weighted by Crippen LogP contribution is -2.31. The van der Waals surface area contributed by atoms with E-state index in [1.54, 1.807) is 21.6 Å². The Morgan fingerprint density at radius 2 is 1.54 bits per heavy atom. The molecule has 2 aromatic rings. The van der Waals surface area contributed by atoms with Gasteiger partial charge in [-0.25, -0.2) is 4.98 Å². The predicted octanol–water partition coefficient (Wildman–Crippen LogP) is 7.75. The molecule has 3 rings (SSSR count). The van der Waals surface area contributed by atoms with E-state index in [9.17, 15) is 9.59 Å². The Kier molecular flexibility index (Phi) is 13.0. The molecule has 1 saturated heterocycles. The largest absolute Gasteiger partial charge is 0.356 e. The van der Waals surface area contributed by atoms with Crippen LogP contribution in [0.3, 0.4) is 0 Å². The molecule has 39 heavy (non-hydrogen) atoms. The van der Waals surface area contributed by atoms with Crippen LogP contribution in [0.4, 0.5) is 5.82 Å². The van der Waals surface area contributed by atoms with Gasteiger partial charge < -0.3 is 4.90 Å². The van der Waals surface area contributed by atoms with Gasteiger partial charge in [0.25, 0.3) is 11.5 Å². The van der Waals surface area contributed by atoms with E-state index in [4.69, 9.17) is 17.2 Å². The maximum absolute atomic E-state index is 13.7. The van der Waals surface area contributed by atoms with Crippen LogP contribution in [0.2, 0.25) is 0 Å². The van der Waals surface area contributed by atoms with E-state index >= 15 is 0 Å². The number of amides is 1. The highest BCUT2D eigenvalue weighted by Crippen LogP contribution is 2.34. The van der Waals surface area contributed by atoms with Gasteiger partial charge in [-0.3, -0.25) is 18.9 Å². The summed E-state index contributed by atoms with van der Waals surface area (Å²) in [5.41, 5.74) is 1.90. The van der Waals surface area contributed by atoms with Gasteiger partial charge in [-0.15, -0.1) is 0 Å². The second-order valence-corrected chi connectivity index (χ2v) is 12.2. The average molecular weight is 571 g/mol. The van der Waals surface area contributed by atoms with E-state index in [0.717, 1.165) is 44.3 Å². The zero-order chi connectivity index (χ0) is 28.2. The number of thiocarbonyl (C=S) groups is 1. The highest BCUT2D eigenvalue weighted by atomic mass is 32.2. The number of nitrogens with zero attached hydrogens (tertiary/aromatic N) is 4. The minimum Gasteiger partial charge on any atom is -0.356 e. The number of aromatic nitrogens is 2. The van der Waals surface area contributed by atoms with Crippen molar-refractivity contribution in [1.82, 2.24) is 14.3 Å². The highest BCUT2D eigenvalue weighted by molar-refractivity contribution is 8.26. The van der Waals surface area contributed by atoms with Gasteiger partial charge in [0, 0.05) is 25.8 Å². The first-order valence-corrected chi connectivity index (χ1v) is 16.2. The topological polar surface area (TPSA) is 57.9 Å². The minimum atomic E-state index is -0.157. The molecule has 3 heterocycles. The molecule has 0 bridgehead atoms. The summed E-state index contributed by atoms with van der Waals surface area (Å²) < 4.78 is 2.16. The quantitative estimate of drug-likeness (QED) is 0.110. The molecular formula is C31H46N4O2S2. The molecule has 0 N–H and O–H groups in total. The Labute approximate surface area is 244 Å². The number of aryl methyl sites for hydroxylation is 1. The normalized spacial score (nSPS) is 14.8. The Hall–Kier alpha value is -2.19.